The molecule has 1 N–H and O–H groups in total. The Hall–Kier alpha value is -0.470. The lowest BCUT2D eigenvalue weighted by atomic mass is 10.5. The largest absolute Gasteiger partial charge is 0.351 e. The van der Waals surface area contributed by atoms with Crippen LogP contribution in [0.2, 0.25) is 0 Å². The number of nitrogens with one attached hydrogen (secondary N) is 1. The van der Waals surface area contributed by atoms with Crippen LogP contribution in [-0.2, 0) is 14.0 Å². The zero-order chi connectivity index (χ0) is 6.41. The Morgan fingerprint density at radius 1 is 1.88 bits per heavy atom. The van der Waals surface area contributed by atoms with Crippen LogP contribution < -0.4 is 5.48 Å². The Morgan fingerprint density at radius 2 is 2.50 bits per heavy atom. The van der Waals surface area contributed by atoms with Crippen LogP contribution >= 0.6 is 8.69 Å². The molecule has 0 spiro atoms. The predicted octanol–water partition coefficient (Wildman–Crippen LogP) is 0.651. The monoisotopic (exact) mass is 135 g/mol. The maximum absolute atomic E-state index is 10.2. The Balaban J connectivity index is 3.11. The summed E-state index contributed by atoms with van der Waals surface area (Å²) in [5.41, 5.74) is 1.92. The number of hydroxylamine groups is 1. The van der Waals surface area contributed by atoms with Gasteiger partial charge >= 0.3 is 8.69 Å². The molecule has 0 radical (unpaired) electrons. The summed E-state index contributed by atoms with van der Waals surface area (Å²) >= 11 is 0. The van der Waals surface area contributed by atoms with Gasteiger partial charge in [-0.25, -0.2) is 10.0 Å². The molecule has 0 saturated heterocycles. The SMILES string of the molecule is CCC(=O)NOP=O. The van der Waals surface area contributed by atoms with E-state index >= 15 is 0 Å². The number of carbonyl (C=O) groups excluding carboxylic acids is 1. The zero-order valence-corrected chi connectivity index (χ0v) is 5.27. The molecule has 8 heavy (non-hydrogen) atoms. The van der Waals surface area contributed by atoms with E-state index in [1.165, 1.54) is 0 Å². The van der Waals surface area contributed by atoms with E-state index in [1.807, 2.05) is 5.48 Å². The summed E-state index contributed by atoms with van der Waals surface area (Å²) in [5.74, 6) is -0.284. The van der Waals surface area contributed by atoms with E-state index in [0.717, 1.165) is 0 Å². The molecule has 5 heteroatoms. The second-order valence-corrected chi connectivity index (χ2v) is 1.38. The van der Waals surface area contributed by atoms with Crippen molar-refractivity contribution in [1.82, 2.24) is 5.48 Å². The highest BCUT2D eigenvalue weighted by atomic mass is 31.1. The Morgan fingerprint density at radius 3 is 2.88 bits per heavy atom. The van der Waals surface area contributed by atoms with Gasteiger partial charge in [0.05, 0.1) is 0 Å². The molecule has 0 unspecified atom stereocenters. The minimum atomic E-state index is -0.532. The lowest BCUT2D eigenvalue weighted by molar-refractivity contribution is -0.126. The molecule has 0 heterocycles. The van der Waals surface area contributed by atoms with Gasteiger partial charge in [0.2, 0.25) is 5.91 Å². The van der Waals surface area contributed by atoms with E-state index in [-0.39, 0.29) is 5.91 Å². The fourth-order valence-electron chi connectivity index (χ4n) is 0.142. The Bertz CT molecular complexity index is 94.5. The Kier molecular flexibility index (Phi) is 4.41. The van der Waals surface area contributed by atoms with Crippen molar-refractivity contribution in [3.63, 3.8) is 0 Å². The van der Waals surface area contributed by atoms with Gasteiger partial charge in [-0.1, -0.05) is 6.92 Å². The summed E-state index contributed by atoms with van der Waals surface area (Å²) in [5, 5.41) is 0. The van der Waals surface area contributed by atoms with Crippen LogP contribution in [0.15, 0.2) is 0 Å². The fourth-order valence-corrected chi connectivity index (χ4v) is 0.281. The average molecular weight is 135 g/mol. The molecule has 0 aliphatic carbocycles. The van der Waals surface area contributed by atoms with E-state index in [9.17, 15) is 9.36 Å². The first kappa shape index (κ1) is 7.53. The molecule has 46 valence electrons. The molecule has 0 saturated carbocycles. The van der Waals surface area contributed by atoms with Crippen molar-refractivity contribution in [3.05, 3.63) is 0 Å². The van der Waals surface area contributed by atoms with Crippen molar-refractivity contribution < 1.29 is 14.0 Å². The van der Waals surface area contributed by atoms with Gasteiger partial charge in [0.1, 0.15) is 0 Å². The van der Waals surface area contributed by atoms with Gasteiger partial charge in [0, 0.05) is 6.42 Å². The summed E-state index contributed by atoms with van der Waals surface area (Å²) in [6.45, 7) is 1.67. The van der Waals surface area contributed by atoms with Crippen LogP contribution in [0.4, 0.5) is 0 Å². The third-order valence-electron chi connectivity index (χ3n) is 0.518. The lowest BCUT2D eigenvalue weighted by Crippen LogP contribution is -2.17. The van der Waals surface area contributed by atoms with Crippen molar-refractivity contribution in [3.8, 4) is 0 Å². The molecule has 0 aliphatic heterocycles. The molecule has 1 amide bonds. The first-order valence-electron chi connectivity index (χ1n) is 2.08. The van der Waals surface area contributed by atoms with Gasteiger partial charge < -0.3 is 0 Å². The van der Waals surface area contributed by atoms with Gasteiger partial charge in [-0.05, 0) is 0 Å². The first-order valence-corrected chi connectivity index (χ1v) is 2.81. The highest BCUT2D eigenvalue weighted by molar-refractivity contribution is 7.17. The van der Waals surface area contributed by atoms with E-state index in [0.29, 0.717) is 6.42 Å². The molecule has 0 aromatic heterocycles. The number of hydrogen-bond acceptors (Lipinski definition) is 3. The minimum Gasteiger partial charge on any atom is -0.273 e. The number of amides is 1. The van der Waals surface area contributed by atoms with Gasteiger partial charge in [0.15, 0.2) is 0 Å². The molecule has 0 fully saturated rings. The molecule has 0 aromatic carbocycles. The second kappa shape index (κ2) is 4.68. The van der Waals surface area contributed by atoms with Gasteiger partial charge in [0.25, 0.3) is 0 Å². The number of rotatable bonds is 3. The van der Waals surface area contributed by atoms with Crippen LogP contribution in [0.5, 0.6) is 0 Å². The maximum atomic E-state index is 10.2. The summed E-state index contributed by atoms with van der Waals surface area (Å²) in [4.78, 5) is 10.2. The summed E-state index contributed by atoms with van der Waals surface area (Å²) in [7, 11) is -0.532. The standard InChI is InChI=1S/C3H6NO3P/c1-2-3(5)4-7-8-6/h2H2,1H3,(H,4,5). The Labute approximate surface area is 48.5 Å². The number of carbonyl (C=O) groups is 1. The quantitative estimate of drug-likeness (QED) is 0.456. The van der Waals surface area contributed by atoms with Crippen molar-refractivity contribution in [2.24, 2.45) is 0 Å². The van der Waals surface area contributed by atoms with E-state index in [4.69, 9.17) is 0 Å². The normalized spacial score (nSPS) is 9.12. The lowest BCUT2D eigenvalue weighted by Gasteiger charge is -1.91. The second-order valence-electron chi connectivity index (χ2n) is 1.04. The van der Waals surface area contributed by atoms with Crippen LogP contribution in [0.25, 0.3) is 0 Å². The summed E-state index contributed by atoms with van der Waals surface area (Å²) in [6, 6.07) is 0. The topological polar surface area (TPSA) is 55.4 Å². The van der Waals surface area contributed by atoms with E-state index in [2.05, 4.69) is 4.62 Å². The maximum Gasteiger partial charge on any atom is 0.351 e. The summed E-state index contributed by atoms with van der Waals surface area (Å²) < 4.78 is 13.5. The van der Waals surface area contributed by atoms with Crippen molar-refractivity contribution in [2.45, 2.75) is 13.3 Å². The van der Waals surface area contributed by atoms with Crippen molar-refractivity contribution in [1.29, 1.82) is 0 Å². The third-order valence-corrected chi connectivity index (χ3v) is 0.684. The molecule has 4 nitrogen and oxygen atoms in total. The molecule has 0 atom stereocenters. The third kappa shape index (κ3) is 3.71. The van der Waals surface area contributed by atoms with Crippen LogP contribution in [0.1, 0.15) is 13.3 Å². The number of hydrogen-bond donors (Lipinski definition) is 1. The predicted molar refractivity (Wildman–Crippen MR) is 27.1 cm³/mol. The van der Waals surface area contributed by atoms with Gasteiger partial charge in [-0.3, -0.25) is 4.79 Å². The first-order chi connectivity index (χ1) is 3.81. The van der Waals surface area contributed by atoms with E-state index < -0.39 is 8.69 Å². The molecular weight excluding hydrogens is 129 g/mol. The van der Waals surface area contributed by atoms with Crippen LogP contribution in [0, 0.1) is 0 Å². The molecular formula is C3H6NO3P. The average Bonchev–Trinajstić information content (AvgIpc) is 1.83. The molecule has 0 bridgehead atoms. The van der Waals surface area contributed by atoms with Gasteiger partial charge in [-0.15, -0.1) is 0 Å². The van der Waals surface area contributed by atoms with E-state index in [1.54, 1.807) is 6.92 Å². The molecule has 0 aromatic rings. The van der Waals surface area contributed by atoms with Crippen molar-refractivity contribution in [2.75, 3.05) is 0 Å². The highest BCUT2D eigenvalue weighted by Crippen LogP contribution is 1.87. The molecule has 0 rings (SSSR count). The zero-order valence-electron chi connectivity index (χ0n) is 4.38. The van der Waals surface area contributed by atoms with Crippen molar-refractivity contribution >= 4 is 14.6 Å². The molecule has 0 aliphatic rings. The summed E-state index contributed by atoms with van der Waals surface area (Å²) in [6.07, 6.45) is 0.329. The fraction of sp³-hybridized carbons (Fsp3) is 0.667. The van der Waals surface area contributed by atoms with Gasteiger partial charge in [-0.2, -0.15) is 4.62 Å². The smallest absolute Gasteiger partial charge is 0.273 e. The highest BCUT2D eigenvalue weighted by Gasteiger charge is 1.92. The van der Waals surface area contributed by atoms with Crippen LogP contribution in [-0.4, -0.2) is 5.91 Å². The minimum absolute atomic E-state index is 0.284. The van der Waals surface area contributed by atoms with Crippen LogP contribution in [0.3, 0.4) is 0 Å².